The van der Waals surface area contributed by atoms with Crippen molar-refractivity contribution >= 4 is 32.6 Å². The van der Waals surface area contributed by atoms with Gasteiger partial charge in [0.05, 0.1) is 16.5 Å². The van der Waals surface area contributed by atoms with Gasteiger partial charge in [0.1, 0.15) is 0 Å². The Morgan fingerprint density at radius 1 is 1.11 bits per heavy atom. The fraction of sp³-hybridized carbons (Fsp3) is 0.250. The van der Waals surface area contributed by atoms with Crippen LogP contribution in [0.5, 0.6) is 0 Å². The lowest BCUT2D eigenvalue weighted by atomic mass is 10.2. The average molecular weight is 394 g/mol. The summed E-state index contributed by atoms with van der Waals surface area (Å²) >= 11 is 1.70. The van der Waals surface area contributed by atoms with Crippen LogP contribution < -0.4 is 4.90 Å². The Morgan fingerprint density at radius 3 is 2.75 bits per heavy atom. The molecule has 28 heavy (non-hydrogen) atoms. The zero-order valence-corrected chi connectivity index (χ0v) is 16.1. The summed E-state index contributed by atoms with van der Waals surface area (Å²) in [6, 6.07) is 11.5. The van der Waals surface area contributed by atoms with E-state index >= 15 is 0 Å². The van der Waals surface area contributed by atoms with Crippen molar-refractivity contribution in [3.63, 3.8) is 0 Å². The lowest BCUT2D eigenvalue weighted by Crippen LogP contribution is -2.48. The van der Waals surface area contributed by atoms with E-state index in [1.807, 2.05) is 0 Å². The number of carbonyl (C=O) groups is 1. The van der Waals surface area contributed by atoms with Crippen LogP contribution in [0.15, 0.2) is 51.6 Å². The molecular weight excluding hydrogens is 376 g/mol. The van der Waals surface area contributed by atoms with Crippen molar-refractivity contribution in [1.29, 1.82) is 0 Å². The van der Waals surface area contributed by atoms with Crippen LogP contribution in [0.1, 0.15) is 16.1 Å². The average Bonchev–Trinajstić information content (AvgIpc) is 3.46. The Balaban J connectivity index is 1.26. The second-order valence-electron chi connectivity index (χ2n) is 6.80. The van der Waals surface area contributed by atoms with Gasteiger partial charge in [-0.25, -0.2) is 4.98 Å². The maximum absolute atomic E-state index is 12.7. The van der Waals surface area contributed by atoms with Crippen molar-refractivity contribution in [3.05, 3.63) is 53.9 Å². The molecule has 142 valence electrons. The Kier molecular flexibility index (Phi) is 4.12. The van der Waals surface area contributed by atoms with E-state index in [0.717, 1.165) is 23.7 Å². The number of amides is 1. The van der Waals surface area contributed by atoms with Gasteiger partial charge in [-0.1, -0.05) is 22.6 Å². The van der Waals surface area contributed by atoms with Gasteiger partial charge in [0.25, 0.3) is 5.91 Å². The number of aryl methyl sites for hydroxylation is 1. The van der Waals surface area contributed by atoms with E-state index in [1.165, 1.54) is 10.3 Å². The number of fused-ring (bicyclic) bond motifs is 1. The number of nitrogens with zero attached hydrogens (tertiary/aromatic N) is 4. The summed E-state index contributed by atoms with van der Waals surface area (Å²) in [7, 11) is 0. The standard InChI is InChI=1S/C20H18N4O3S/c1-13-4-5-14-18(11-13)28-20(21-14)24-8-6-23(7-9-24)19(25)15-12-17(27-22-15)16-3-2-10-26-16/h2-5,10-12H,6-9H2,1H3. The van der Waals surface area contributed by atoms with Crippen LogP contribution in [-0.4, -0.2) is 47.1 Å². The normalized spacial score (nSPS) is 14.8. The van der Waals surface area contributed by atoms with Crippen molar-refractivity contribution in [2.24, 2.45) is 0 Å². The minimum Gasteiger partial charge on any atom is -0.461 e. The predicted octanol–water partition coefficient (Wildman–Crippen LogP) is 3.82. The molecule has 0 aliphatic carbocycles. The van der Waals surface area contributed by atoms with E-state index in [9.17, 15) is 4.79 Å². The molecule has 0 atom stereocenters. The number of furan rings is 1. The third kappa shape index (κ3) is 3.05. The molecule has 1 amide bonds. The quantitative estimate of drug-likeness (QED) is 0.526. The Morgan fingerprint density at radius 2 is 1.96 bits per heavy atom. The SMILES string of the molecule is Cc1ccc2nc(N3CCN(C(=O)c4cc(-c5ccco5)on4)CC3)sc2c1. The largest absolute Gasteiger partial charge is 0.461 e. The summed E-state index contributed by atoms with van der Waals surface area (Å²) in [4.78, 5) is 21.5. The summed E-state index contributed by atoms with van der Waals surface area (Å²) in [5.41, 5.74) is 2.56. The second kappa shape index (κ2) is 6.79. The van der Waals surface area contributed by atoms with E-state index in [1.54, 1.807) is 40.7 Å². The van der Waals surface area contributed by atoms with Crippen LogP contribution in [0.3, 0.4) is 0 Å². The molecule has 0 unspecified atom stereocenters. The van der Waals surface area contributed by atoms with E-state index in [0.29, 0.717) is 30.3 Å². The minimum absolute atomic E-state index is 0.124. The van der Waals surface area contributed by atoms with Gasteiger partial charge in [0, 0.05) is 32.2 Å². The summed E-state index contributed by atoms with van der Waals surface area (Å²) in [5, 5.41) is 4.92. The topological polar surface area (TPSA) is 75.6 Å². The molecule has 1 aliphatic heterocycles. The summed E-state index contributed by atoms with van der Waals surface area (Å²) < 4.78 is 11.7. The van der Waals surface area contributed by atoms with Gasteiger partial charge in [0.2, 0.25) is 5.76 Å². The van der Waals surface area contributed by atoms with Crippen molar-refractivity contribution in [3.8, 4) is 11.5 Å². The van der Waals surface area contributed by atoms with Gasteiger partial charge in [-0.05, 0) is 36.8 Å². The van der Waals surface area contributed by atoms with Crippen LogP contribution in [0, 0.1) is 6.92 Å². The molecule has 7 nitrogen and oxygen atoms in total. The van der Waals surface area contributed by atoms with E-state index in [2.05, 4.69) is 35.2 Å². The van der Waals surface area contributed by atoms with E-state index in [4.69, 9.17) is 13.9 Å². The van der Waals surface area contributed by atoms with Crippen LogP contribution in [0.2, 0.25) is 0 Å². The van der Waals surface area contributed by atoms with Crippen LogP contribution in [-0.2, 0) is 0 Å². The number of piperazine rings is 1. The number of aromatic nitrogens is 2. The van der Waals surface area contributed by atoms with Gasteiger partial charge >= 0.3 is 0 Å². The van der Waals surface area contributed by atoms with Crippen molar-refractivity contribution in [1.82, 2.24) is 15.0 Å². The van der Waals surface area contributed by atoms with E-state index in [-0.39, 0.29) is 5.91 Å². The number of thiazole rings is 1. The highest BCUT2D eigenvalue weighted by atomic mass is 32.1. The number of hydrogen-bond acceptors (Lipinski definition) is 7. The van der Waals surface area contributed by atoms with Gasteiger partial charge in [0.15, 0.2) is 16.6 Å². The highest BCUT2D eigenvalue weighted by Gasteiger charge is 2.26. The molecule has 1 fully saturated rings. The third-order valence-electron chi connectivity index (χ3n) is 4.86. The van der Waals surface area contributed by atoms with Crippen LogP contribution in [0.25, 0.3) is 21.7 Å². The van der Waals surface area contributed by atoms with Crippen LogP contribution in [0.4, 0.5) is 5.13 Å². The molecule has 0 spiro atoms. The highest BCUT2D eigenvalue weighted by molar-refractivity contribution is 7.22. The smallest absolute Gasteiger partial charge is 0.276 e. The number of benzene rings is 1. The minimum atomic E-state index is -0.124. The van der Waals surface area contributed by atoms with Gasteiger partial charge < -0.3 is 18.7 Å². The first kappa shape index (κ1) is 17.0. The van der Waals surface area contributed by atoms with Crippen molar-refractivity contribution in [2.45, 2.75) is 6.92 Å². The molecule has 4 aromatic rings. The highest BCUT2D eigenvalue weighted by Crippen LogP contribution is 2.30. The first-order valence-corrected chi connectivity index (χ1v) is 9.91. The monoisotopic (exact) mass is 394 g/mol. The fourth-order valence-electron chi connectivity index (χ4n) is 3.33. The Labute approximate surface area is 165 Å². The van der Waals surface area contributed by atoms with Crippen LogP contribution >= 0.6 is 11.3 Å². The van der Waals surface area contributed by atoms with Crippen molar-refractivity contribution in [2.75, 3.05) is 31.1 Å². The Bertz CT molecular complexity index is 1120. The summed E-state index contributed by atoms with van der Waals surface area (Å²) in [5.74, 6) is 0.889. The van der Waals surface area contributed by atoms with Gasteiger partial charge in [-0.2, -0.15) is 0 Å². The molecule has 0 bridgehead atoms. The third-order valence-corrected chi connectivity index (χ3v) is 5.94. The lowest BCUT2D eigenvalue weighted by molar-refractivity contribution is 0.0736. The molecule has 0 N–H and O–H groups in total. The molecule has 1 aliphatic rings. The first-order chi connectivity index (χ1) is 13.7. The maximum Gasteiger partial charge on any atom is 0.276 e. The number of rotatable bonds is 3. The molecule has 4 heterocycles. The molecule has 0 radical (unpaired) electrons. The molecule has 0 saturated carbocycles. The zero-order chi connectivity index (χ0) is 19.1. The fourth-order valence-corrected chi connectivity index (χ4v) is 4.44. The Hall–Kier alpha value is -3.13. The number of anilines is 1. The molecule has 8 heteroatoms. The number of hydrogen-bond donors (Lipinski definition) is 0. The van der Waals surface area contributed by atoms with Gasteiger partial charge in [-0.15, -0.1) is 0 Å². The lowest BCUT2D eigenvalue weighted by Gasteiger charge is -2.34. The molecule has 1 saturated heterocycles. The summed E-state index contributed by atoms with van der Waals surface area (Å²) in [6.07, 6.45) is 1.56. The second-order valence-corrected chi connectivity index (χ2v) is 7.81. The molecular formula is C20H18N4O3S. The molecule has 3 aromatic heterocycles. The predicted molar refractivity (Wildman–Crippen MR) is 107 cm³/mol. The van der Waals surface area contributed by atoms with E-state index < -0.39 is 0 Å². The maximum atomic E-state index is 12.7. The first-order valence-electron chi connectivity index (χ1n) is 9.09. The molecule has 1 aromatic carbocycles. The summed E-state index contributed by atoms with van der Waals surface area (Å²) in [6.45, 7) is 4.82. The van der Waals surface area contributed by atoms with Crippen molar-refractivity contribution < 1.29 is 13.7 Å². The number of carbonyl (C=O) groups excluding carboxylic acids is 1. The molecule has 5 rings (SSSR count). The van der Waals surface area contributed by atoms with Gasteiger partial charge in [-0.3, -0.25) is 4.79 Å². The zero-order valence-electron chi connectivity index (χ0n) is 15.3.